The van der Waals surface area contributed by atoms with Gasteiger partial charge >= 0.3 is 0 Å². The zero-order chi connectivity index (χ0) is 36.9. The topological polar surface area (TPSA) is 127 Å². The molecule has 276 valence electrons. The average Bonchev–Trinajstić information content (AvgIpc) is 3.42. The highest BCUT2D eigenvalue weighted by atomic mass is 35.5. The quantitative estimate of drug-likeness (QED) is 0.124. The molecule has 4 atom stereocenters. The second-order valence-electron chi connectivity index (χ2n) is 16.1. The van der Waals surface area contributed by atoms with Crippen LogP contribution in [-0.4, -0.2) is 91.9 Å². The van der Waals surface area contributed by atoms with E-state index in [9.17, 15) is 5.11 Å². The Morgan fingerprint density at radius 1 is 1.04 bits per heavy atom. The van der Waals surface area contributed by atoms with E-state index in [1.165, 1.54) is 0 Å². The highest BCUT2D eigenvalue weighted by molar-refractivity contribution is 6.74. The number of aliphatic hydroxyl groups is 1. The van der Waals surface area contributed by atoms with Crippen LogP contribution in [-0.2, 0) is 17.4 Å². The number of unbranched alkanes of at least 4 members (excludes halogenated alkanes) is 2. The van der Waals surface area contributed by atoms with Crippen molar-refractivity contribution in [1.29, 1.82) is 0 Å². The van der Waals surface area contributed by atoms with E-state index in [2.05, 4.69) is 52.9 Å². The third kappa shape index (κ3) is 6.44. The minimum absolute atomic E-state index is 0.0833. The number of ether oxygens (including phenoxy) is 2. The minimum Gasteiger partial charge on any atom is -0.508 e. The largest absolute Gasteiger partial charge is 0.508 e. The Kier molecular flexibility index (Phi) is 11.0. The Hall–Kier alpha value is -2.77. The van der Waals surface area contributed by atoms with Crippen molar-refractivity contribution in [1.82, 2.24) is 19.9 Å². The molecule has 11 nitrogen and oxygen atoms in total. The highest BCUT2D eigenvalue weighted by Crippen LogP contribution is 2.60. The van der Waals surface area contributed by atoms with Crippen molar-refractivity contribution in [3.63, 3.8) is 0 Å². The normalized spacial score (nSPS) is 23.6. The predicted molar refractivity (Wildman–Crippen MR) is 195 cm³/mol. The van der Waals surface area contributed by atoms with Gasteiger partial charge in [0, 0.05) is 23.6 Å². The van der Waals surface area contributed by atoms with Gasteiger partial charge in [-0.25, -0.2) is 4.98 Å². The first-order chi connectivity index (χ1) is 23.4. The lowest BCUT2D eigenvalue weighted by molar-refractivity contribution is -0.0480. The maximum absolute atomic E-state index is 15.3. The van der Waals surface area contributed by atoms with Crippen LogP contribution in [0.15, 0.2) is 15.9 Å². The fourth-order valence-corrected chi connectivity index (χ4v) is 9.10. The first-order valence-electron chi connectivity index (χ1n) is 17.9. The summed E-state index contributed by atoms with van der Waals surface area (Å²) in [5, 5.41) is 17.0. The summed E-state index contributed by atoms with van der Waals surface area (Å²) < 4.78 is 25.5. The Labute approximate surface area is 302 Å². The van der Waals surface area contributed by atoms with E-state index in [0.29, 0.717) is 60.9 Å². The number of hydrogen-bond donors (Lipinski definition) is 1. The molecule has 0 aromatic carbocycles. The first-order valence-corrected chi connectivity index (χ1v) is 21.2. The standard InChI is InChI=1S/C37H55ClN4O7Si/c1-12-14-16-46-30-24(20-41(6)7)39-34(38)22-18-21-19-23-28(42(8)9)31-27(35(40-48-31)47-17-15-13-2)33(45)37(23,49-50(10,11)36(3,4)5)32(44)25(21)29(43)26(22)30/h21,23,28,44H,12-20H2,1-11H3/t21-,23-,28-,37-/m0/s1. The summed E-state index contributed by atoms with van der Waals surface area (Å²) in [6.07, 6.45) is 4.05. The number of hydrogen-bond acceptors (Lipinski definition) is 11. The molecule has 3 aliphatic rings. The van der Waals surface area contributed by atoms with Crippen LogP contribution in [0.1, 0.15) is 110 Å². The van der Waals surface area contributed by atoms with Crippen LogP contribution in [0.4, 0.5) is 0 Å². The number of aromatic nitrogens is 2. The van der Waals surface area contributed by atoms with Crippen molar-refractivity contribution < 1.29 is 33.1 Å². The van der Waals surface area contributed by atoms with Crippen molar-refractivity contribution in [3.05, 3.63) is 44.6 Å². The Morgan fingerprint density at radius 2 is 1.68 bits per heavy atom. The molecule has 2 aromatic heterocycles. The molecule has 0 bridgehead atoms. The van der Waals surface area contributed by atoms with Crippen molar-refractivity contribution >= 4 is 31.5 Å². The van der Waals surface area contributed by atoms with E-state index in [-0.39, 0.29) is 33.0 Å². The van der Waals surface area contributed by atoms with Gasteiger partial charge in [0.05, 0.1) is 30.5 Å². The molecule has 2 heterocycles. The minimum atomic E-state index is -2.82. The summed E-state index contributed by atoms with van der Waals surface area (Å²) in [7, 11) is 4.82. The molecule has 13 heteroatoms. The van der Waals surface area contributed by atoms with Gasteiger partial charge in [0.15, 0.2) is 31.2 Å². The number of aliphatic hydroxyl groups excluding tert-OH is 1. The van der Waals surface area contributed by atoms with Gasteiger partial charge in [-0.05, 0) is 83.1 Å². The summed E-state index contributed by atoms with van der Waals surface area (Å²) in [5.74, 6) is -1.48. The van der Waals surface area contributed by atoms with Crippen LogP contribution >= 0.6 is 11.6 Å². The van der Waals surface area contributed by atoms with Crippen molar-refractivity contribution in [2.24, 2.45) is 11.8 Å². The summed E-state index contributed by atoms with van der Waals surface area (Å²) in [6.45, 7) is 15.6. The molecule has 0 spiro atoms. The molecule has 0 amide bonds. The number of halogens is 1. The number of ketones is 2. The molecule has 1 N–H and O–H groups in total. The summed E-state index contributed by atoms with van der Waals surface area (Å²) in [6, 6.07) is -0.521. The van der Waals surface area contributed by atoms with Gasteiger partial charge in [-0.3, -0.25) is 14.5 Å². The van der Waals surface area contributed by atoms with E-state index in [4.69, 9.17) is 35.0 Å². The van der Waals surface area contributed by atoms with Crippen LogP contribution in [0.3, 0.4) is 0 Å². The van der Waals surface area contributed by atoms with E-state index in [1.54, 1.807) is 0 Å². The molecule has 0 saturated carbocycles. The summed E-state index contributed by atoms with van der Waals surface area (Å²) in [4.78, 5) is 39.0. The van der Waals surface area contributed by atoms with Crippen molar-refractivity contribution in [3.8, 4) is 11.6 Å². The Morgan fingerprint density at radius 3 is 2.26 bits per heavy atom. The number of nitrogens with zero attached hydrogens (tertiary/aromatic N) is 4. The lowest BCUT2D eigenvalue weighted by Gasteiger charge is -2.55. The van der Waals surface area contributed by atoms with Crippen LogP contribution in [0.5, 0.6) is 11.6 Å². The lowest BCUT2D eigenvalue weighted by Crippen LogP contribution is -2.65. The van der Waals surface area contributed by atoms with Gasteiger partial charge in [0.1, 0.15) is 16.5 Å². The molecule has 50 heavy (non-hydrogen) atoms. The van der Waals surface area contributed by atoms with Gasteiger partial charge in [-0.2, -0.15) is 0 Å². The third-order valence-electron chi connectivity index (χ3n) is 10.9. The molecule has 0 radical (unpaired) electrons. The number of carbonyl (C=O) groups is 2. The molecule has 2 aromatic rings. The molecule has 3 aliphatic carbocycles. The number of Topliss-reactive ketones (excluding diaryl/α,β-unsaturated/α-hetero) is 2. The van der Waals surface area contributed by atoms with E-state index >= 15 is 9.59 Å². The molecular formula is C37H55ClN4O7Si. The average molecular weight is 731 g/mol. The van der Waals surface area contributed by atoms with E-state index in [1.807, 2.05) is 38.0 Å². The van der Waals surface area contributed by atoms with Crippen molar-refractivity contribution in [2.45, 2.75) is 109 Å². The van der Waals surface area contributed by atoms with Crippen LogP contribution in [0.25, 0.3) is 0 Å². The van der Waals surface area contributed by atoms with E-state index < -0.39 is 43.4 Å². The SMILES string of the molecule is CCCCOc1noc2c1C(=O)[C@@]1(O[Si](C)(C)C(C)(C)C)C(O)=C3C(=O)c4c(c(Cl)nc(CN(C)C)c4OCCCC)C[C@H]3C[C@H]1[C@@H]2N(C)C. The predicted octanol–water partition coefficient (Wildman–Crippen LogP) is 7.59. The van der Waals surface area contributed by atoms with Crippen LogP contribution < -0.4 is 9.47 Å². The number of allylic oxidation sites excluding steroid dienone is 1. The zero-order valence-electron chi connectivity index (χ0n) is 31.7. The molecule has 0 fully saturated rings. The number of fused-ring (bicyclic) bond motifs is 4. The van der Waals surface area contributed by atoms with Gasteiger partial charge in [0.25, 0.3) is 5.88 Å². The zero-order valence-corrected chi connectivity index (χ0v) is 33.4. The maximum Gasteiger partial charge on any atom is 0.265 e. The second-order valence-corrected chi connectivity index (χ2v) is 21.2. The Balaban J connectivity index is 1.79. The molecule has 5 rings (SSSR count). The molecule has 0 aliphatic heterocycles. The van der Waals surface area contributed by atoms with Crippen molar-refractivity contribution in [2.75, 3.05) is 41.4 Å². The first kappa shape index (κ1) is 38.5. The van der Waals surface area contributed by atoms with Crippen LogP contribution in [0.2, 0.25) is 23.3 Å². The van der Waals surface area contributed by atoms with Gasteiger partial charge in [-0.1, -0.05) is 59.1 Å². The fraction of sp³-hybridized carbons (Fsp3) is 0.676. The second kappa shape index (κ2) is 14.3. The number of carbonyl (C=O) groups excluding carboxylic acids is 2. The fourth-order valence-electron chi connectivity index (χ4n) is 7.37. The number of rotatable bonds is 13. The van der Waals surface area contributed by atoms with Gasteiger partial charge < -0.3 is 28.4 Å². The van der Waals surface area contributed by atoms with Gasteiger partial charge in [-0.15, -0.1) is 0 Å². The monoisotopic (exact) mass is 730 g/mol. The smallest absolute Gasteiger partial charge is 0.265 e. The lowest BCUT2D eigenvalue weighted by atomic mass is 9.58. The third-order valence-corrected chi connectivity index (χ3v) is 15.7. The Bertz CT molecular complexity index is 1660. The number of pyridine rings is 1. The summed E-state index contributed by atoms with van der Waals surface area (Å²) in [5.41, 5.74) is -0.102. The highest BCUT2D eigenvalue weighted by Gasteiger charge is 2.67. The molecule has 0 unspecified atom stereocenters. The van der Waals surface area contributed by atoms with Crippen LogP contribution in [0, 0.1) is 11.8 Å². The molecular weight excluding hydrogens is 676 g/mol. The maximum atomic E-state index is 15.3. The summed E-state index contributed by atoms with van der Waals surface area (Å²) >= 11 is 6.89. The van der Waals surface area contributed by atoms with E-state index in [0.717, 1.165) is 25.7 Å². The van der Waals surface area contributed by atoms with Gasteiger partial charge in [0.2, 0.25) is 5.78 Å². The molecule has 0 saturated heterocycles.